The minimum atomic E-state index is -0.537. The normalized spacial score (nSPS) is 20.3. The van der Waals surface area contributed by atoms with Crippen LogP contribution in [0.15, 0.2) is 17.4 Å². The second-order valence-electron chi connectivity index (χ2n) is 7.39. The molecular formula is C19H22O4. The molecule has 1 aromatic carbocycles. The number of hydrogen-bond donors (Lipinski definition) is 0. The SMILES string of the molecule is CC1=C(OC(C)(C)C)C(=O)c2c(C)cc3c(c2C1=O)[C@H](C)CO3. The van der Waals surface area contributed by atoms with Gasteiger partial charge in [0, 0.05) is 28.2 Å². The van der Waals surface area contributed by atoms with Crippen LogP contribution in [0.1, 0.15) is 72.4 Å². The van der Waals surface area contributed by atoms with Crippen LogP contribution in [0.5, 0.6) is 5.75 Å². The van der Waals surface area contributed by atoms with Crippen LogP contribution in [0, 0.1) is 6.92 Å². The number of ketones is 2. The Morgan fingerprint density at radius 3 is 2.39 bits per heavy atom. The molecule has 1 aromatic rings. The van der Waals surface area contributed by atoms with Crippen molar-refractivity contribution in [2.24, 2.45) is 0 Å². The van der Waals surface area contributed by atoms with E-state index in [-0.39, 0.29) is 23.2 Å². The molecule has 0 aromatic heterocycles. The predicted octanol–water partition coefficient (Wildman–Crippen LogP) is 3.96. The predicted molar refractivity (Wildman–Crippen MR) is 87.3 cm³/mol. The summed E-state index contributed by atoms with van der Waals surface area (Å²) in [5.41, 5.74) is 2.44. The molecule has 0 N–H and O–H groups in total. The van der Waals surface area contributed by atoms with E-state index in [1.807, 2.05) is 40.7 Å². The third kappa shape index (κ3) is 2.37. The number of hydrogen-bond acceptors (Lipinski definition) is 4. The Morgan fingerprint density at radius 2 is 1.78 bits per heavy atom. The molecule has 1 heterocycles. The van der Waals surface area contributed by atoms with Crippen LogP contribution in [0.2, 0.25) is 0 Å². The summed E-state index contributed by atoms with van der Waals surface area (Å²) in [5, 5.41) is 0. The highest BCUT2D eigenvalue weighted by molar-refractivity contribution is 6.27. The van der Waals surface area contributed by atoms with E-state index in [2.05, 4.69) is 0 Å². The highest BCUT2D eigenvalue weighted by atomic mass is 16.5. The second kappa shape index (κ2) is 4.95. The van der Waals surface area contributed by atoms with Crippen molar-refractivity contribution in [3.63, 3.8) is 0 Å². The molecule has 0 unspecified atom stereocenters. The summed E-state index contributed by atoms with van der Waals surface area (Å²) >= 11 is 0. The minimum Gasteiger partial charge on any atom is -0.493 e. The smallest absolute Gasteiger partial charge is 0.229 e. The lowest BCUT2D eigenvalue weighted by molar-refractivity contribution is 0.0405. The van der Waals surface area contributed by atoms with Gasteiger partial charge in [-0.25, -0.2) is 0 Å². The van der Waals surface area contributed by atoms with Gasteiger partial charge in [-0.1, -0.05) is 6.92 Å². The summed E-state index contributed by atoms with van der Waals surface area (Å²) < 4.78 is 11.5. The number of benzene rings is 1. The summed E-state index contributed by atoms with van der Waals surface area (Å²) in [5.74, 6) is 0.670. The van der Waals surface area contributed by atoms with E-state index >= 15 is 0 Å². The fraction of sp³-hybridized carbons (Fsp3) is 0.474. The zero-order valence-corrected chi connectivity index (χ0v) is 14.5. The van der Waals surface area contributed by atoms with Gasteiger partial charge in [0.05, 0.1) is 6.61 Å². The van der Waals surface area contributed by atoms with Gasteiger partial charge < -0.3 is 9.47 Å². The fourth-order valence-corrected chi connectivity index (χ4v) is 3.24. The van der Waals surface area contributed by atoms with Crippen molar-refractivity contribution >= 4 is 11.6 Å². The van der Waals surface area contributed by atoms with Crippen molar-refractivity contribution in [2.75, 3.05) is 6.61 Å². The lowest BCUT2D eigenvalue weighted by Crippen LogP contribution is -2.30. The van der Waals surface area contributed by atoms with E-state index in [1.165, 1.54) is 0 Å². The maximum absolute atomic E-state index is 13.0. The highest BCUT2D eigenvalue weighted by Gasteiger charge is 2.39. The standard InChI is InChI=1S/C19H22O4/c1-9-7-12-13(10(2)8-22-12)15-14(9)17(21)18(11(3)16(15)20)23-19(4,5)6/h7,10H,8H2,1-6H3/t10-/m1/s1. The summed E-state index contributed by atoms with van der Waals surface area (Å²) in [6, 6.07) is 1.86. The zero-order chi connectivity index (χ0) is 17.1. The average Bonchev–Trinajstić information content (AvgIpc) is 2.80. The van der Waals surface area contributed by atoms with Crippen LogP contribution in [-0.2, 0) is 4.74 Å². The van der Waals surface area contributed by atoms with Crippen molar-refractivity contribution in [1.82, 2.24) is 0 Å². The Hall–Kier alpha value is -2.10. The van der Waals surface area contributed by atoms with Gasteiger partial charge in [-0.15, -0.1) is 0 Å². The van der Waals surface area contributed by atoms with Crippen LogP contribution >= 0.6 is 0 Å². The minimum absolute atomic E-state index is 0.106. The van der Waals surface area contributed by atoms with Gasteiger partial charge in [-0.2, -0.15) is 0 Å². The third-order valence-electron chi connectivity index (χ3n) is 4.26. The maximum atomic E-state index is 13.0. The fourth-order valence-electron chi connectivity index (χ4n) is 3.24. The number of carbonyl (C=O) groups excluding carboxylic acids is 2. The molecule has 4 heteroatoms. The summed E-state index contributed by atoms with van der Waals surface area (Å²) in [4.78, 5) is 26.0. The Bertz CT molecular complexity index is 763. The van der Waals surface area contributed by atoms with Gasteiger partial charge in [-0.3, -0.25) is 9.59 Å². The quantitative estimate of drug-likeness (QED) is 0.787. The summed E-state index contributed by atoms with van der Waals surface area (Å²) in [6.45, 7) is 11.7. The monoisotopic (exact) mass is 314 g/mol. The van der Waals surface area contributed by atoms with Crippen LogP contribution < -0.4 is 4.74 Å². The van der Waals surface area contributed by atoms with E-state index in [1.54, 1.807) is 6.92 Å². The Morgan fingerprint density at radius 1 is 1.13 bits per heavy atom. The molecule has 1 aliphatic heterocycles. The molecule has 4 nitrogen and oxygen atoms in total. The molecule has 0 saturated heterocycles. The highest BCUT2D eigenvalue weighted by Crippen LogP contribution is 2.43. The molecular weight excluding hydrogens is 292 g/mol. The molecule has 1 aliphatic carbocycles. The van der Waals surface area contributed by atoms with Gasteiger partial charge >= 0.3 is 0 Å². The van der Waals surface area contributed by atoms with Gasteiger partial charge in [-0.05, 0) is 46.2 Å². The van der Waals surface area contributed by atoms with Gasteiger partial charge in [0.1, 0.15) is 11.4 Å². The first-order valence-corrected chi connectivity index (χ1v) is 7.91. The van der Waals surface area contributed by atoms with Crippen LogP contribution in [0.3, 0.4) is 0 Å². The number of Topliss-reactive ketones (excluding diaryl/α,β-unsaturated/α-hetero) is 2. The molecule has 3 rings (SSSR count). The van der Waals surface area contributed by atoms with Crippen LogP contribution in [0.4, 0.5) is 0 Å². The van der Waals surface area contributed by atoms with Crippen LogP contribution in [0.25, 0.3) is 0 Å². The van der Waals surface area contributed by atoms with Gasteiger partial charge in [0.2, 0.25) is 5.78 Å². The molecule has 0 saturated carbocycles. The van der Waals surface area contributed by atoms with Gasteiger partial charge in [0.25, 0.3) is 0 Å². The first-order valence-electron chi connectivity index (χ1n) is 7.91. The Balaban J connectivity index is 2.24. The van der Waals surface area contributed by atoms with Crippen molar-refractivity contribution in [2.45, 2.75) is 53.1 Å². The maximum Gasteiger partial charge on any atom is 0.229 e. The molecule has 0 amide bonds. The van der Waals surface area contributed by atoms with E-state index < -0.39 is 5.60 Å². The molecule has 0 bridgehead atoms. The first kappa shape index (κ1) is 15.8. The van der Waals surface area contributed by atoms with Crippen molar-refractivity contribution < 1.29 is 19.1 Å². The Labute approximate surface area is 136 Å². The number of fused-ring (bicyclic) bond motifs is 3. The lowest BCUT2D eigenvalue weighted by atomic mass is 9.80. The largest absolute Gasteiger partial charge is 0.493 e. The number of carbonyl (C=O) groups is 2. The number of ether oxygens (including phenoxy) is 2. The molecule has 1 atom stereocenters. The van der Waals surface area contributed by atoms with Crippen molar-refractivity contribution in [3.8, 4) is 5.75 Å². The van der Waals surface area contributed by atoms with E-state index in [4.69, 9.17) is 9.47 Å². The molecule has 122 valence electrons. The molecule has 2 aliphatic rings. The van der Waals surface area contributed by atoms with E-state index in [0.717, 1.165) is 16.9 Å². The molecule has 0 radical (unpaired) electrons. The molecule has 0 spiro atoms. The van der Waals surface area contributed by atoms with E-state index in [0.29, 0.717) is 23.3 Å². The second-order valence-corrected chi connectivity index (χ2v) is 7.39. The first-order chi connectivity index (χ1) is 10.6. The van der Waals surface area contributed by atoms with E-state index in [9.17, 15) is 9.59 Å². The summed E-state index contributed by atoms with van der Waals surface area (Å²) in [6.07, 6.45) is 0. The molecule has 23 heavy (non-hydrogen) atoms. The third-order valence-corrected chi connectivity index (χ3v) is 4.26. The van der Waals surface area contributed by atoms with Crippen molar-refractivity contribution in [1.29, 1.82) is 0 Å². The number of aryl methyl sites for hydroxylation is 1. The average molecular weight is 314 g/mol. The van der Waals surface area contributed by atoms with Crippen molar-refractivity contribution in [3.05, 3.63) is 39.7 Å². The molecule has 0 fully saturated rings. The number of allylic oxidation sites excluding steroid dienone is 2. The topological polar surface area (TPSA) is 52.6 Å². The lowest BCUT2D eigenvalue weighted by Gasteiger charge is -2.28. The zero-order valence-electron chi connectivity index (χ0n) is 14.5. The van der Waals surface area contributed by atoms with Crippen LogP contribution in [-0.4, -0.2) is 23.8 Å². The van der Waals surface area contributed by atoms with Gasteiger partial charge in [0.15, 0.2) is 11.5 Å². The summed E-state index contributed by atoms with van der Waals surface area (Å²) in [7, 11) is 0. The Kier molecular flexibility index (Phi) is 3.40. The number of rotatable bonds is 1.